The molecule has 148 valence electrons. The molecule has 0 N–H and O–H groups in total. The molecule has 0 aliphatic carbocycles. The molecule has 0 spiro atoms. The van der Waals surface area contributed by atoms with E-state index in [1.54, 1.807) is 6.07 Å². The molecule has 2 aliphatic rings. The number of hydrogen-bond donors (Lipinski definition) is 0. The molecule has 0 radical (unpaired) electrons. The van der Waals surface area contributed by atoms with Crippen LogP contribution in [0.5, 0.6) is 0 Å². The lowest BCUT2D eigenvalue weighted by atomic mass is 10.1. The standard InChI is InChI=1S/C18H24N2O6S/c1-19(2)27(23,24)13-6-7-15(20-9-4-3-5-10-20)14(12-13)17(21)26-16-8-11-25-18(16)22/h6-7,12,16H,3-5,8-11H2,1-2H3. The Kier molecular flexibility index (Phi) is 5.71. The summed E-state index contributed by atoms with van der Waals surface area (Å²) in [6.45, 7) is 1.78. The van der Waals surface area contributed by atoms with Crippen LogP contribution in [0.2, 0.25) is 0 Å². The van der Waals surface area contributed by atoms with E-state index in [4.69, 9.17) is 9.47 Å². The van der Waals surface area contributed by atoms with Crippen LogP contribution in [-0.2, 0) is 24.3 Å². The SMILES string of the molecule is CN(C)S(=O)(=O)c1ccc(N2CCCCC2)c(C(=O)OC2CCOC2=O)c1. The van der Waals surface area contributed by atoms with Gasteiger partial charge in [0.2, 0.25) is 16.1 Å². The van der Waals surface area contributed by atoms with E-state index in [0.717, 1.165) is 36.7 Å². The van der Waals surface area contributed by atoms with Crippen LogP contribution < -0.4 is 4.90 Å². The molecule has 9 heteroatoms. The molecular formula is C18H24N2O6S. The molecule has 1 unspecified atom stereocenters. The smallest absolute Gasteiger partial charge is 0.347 e. The Morgan fingerprint density at radius 2 is 1.93 bits per heavy atom. The molecule has 2 aliphatic heterocycles. The first-order valence-corrected chi connectivity index (χ1v) is 10.4. The summed E-state index contributed by atoms with van der Waals surface area (Å²) in [5.41, 5.74) is 0.781. The maximum Gasteiger partial charge on any atom is 0.347 e. The second kappa shape index (κ2) is 7.85. The number of piperidine rings is 1. The minimum Gasteiger partial charge on any atom is -0.463 e. The highest BCUT2D eigenvalue weighted by Crippen LogP contribution is 2.29. The fraction of sp³-hybridized carbons (Fsp3) is 0.556. The monoisotopic (exact) mass is 396 g/mol. The molecule has 0 amide bonds. The van der Waals surface area contributed by atoms with E-state index >= 15 is 0 Å². The minimum absolute atomic E-state index is 0.00853. The zero-order chi connectivity index (χ0) is 19.6. The lowest BCUT2D eigenvalue weighted by molar-refractivity contribution is -0.145. The molecule has 0 aromatic heterocycles. The Labute approximate surface area is 159 Å². The van der Waals surface area contributed by atoms with Crippen molar-refractivity contribution in [3.05, 3.63) is 23.8 Å². The highest BCUT2D eigenvalue weighted by atomic mass is 32.2. The molecule has 1 atom stereocenters. The van der Waals surface area contributed by atoms with Crippen molar-refractivity contribution in [2.24, 2.45) is 0 Å². The predicted molar refractivity (Wildman–Crippen MR) is 98.2 cm³/mol. The summed E-state index contributed by atoms with van der Waals surface area (Å²) < 4.78 is 36.2. The van der Waals surface area contributed by atoms with Crippen LogP contribution in [0.1, 0.15) is 36.0 Å². The normalized spacial score (nSPS) is 20.6. The van der Waals surface area contributed by atoms with E-state index in [0.29, 0.717) is 12.1 Å². The van der Waals surface area contributed by atoms with E-state index in [1.807, 2.05) is 0 Å². The van der Waals surface area contributed by atoms with Gasteiger partial charge in [0.15, 0.2) is 0 Å². The van der Waals surface area contributed by atoms with Crippen molar-refractivity contribution in [1.29, 1.82) is 0 Å². The third-order valence-corrected chi connectivity index (χ3v) is 6.61. The summed E-state index contributed by atoms with van der Waals surface area (Å²) in [6.07, 6.45) is 2.49. The van der Waals surface area contributed by atoms with Gasteiger partial charge in [-0.15, -0.1) is 0 Å². The summed E-state index contributed by atoms with van der Waals surface area (Å²) >= 11 is 0. The van der Waals surface area contributed by atoms with Gasteiger partial charge in [-0.2, -0.15) is 0 Å². The van der Waals surface area contributed by atoms with Crippen molar-refractivity contribution in [3.8, 4) is 0 Å². The average molecular weight is 396 g/mol. The van der Waals surface area contributed by atoms with Gasteiger partial charge in [0.05, 0.1) is 22.8 Å². The Bertz CT molecular complexity index is 830. The molecule has 0 bridgehead atoms. The van der Waals surface area contributed by atoms with Gasteiger partial charge in [0, 0.05) is 33.6 Å². The molecular weight excluding hydrogens is 372 g/mol. The van der Waals surface area contributed by atoms with Gasteiger partial charge in [-0.1, -0.05) is 0 Å². The Balaban J connectivity index is 1.98. The largest absolute Gasteiger partial charge is 0.463 e. The predicted octanol–water partition coefficient (Wildman–Crippen LogP) is 1.40. The van der Waals surface area contributed by atoms with Gasteiger partial charge in [-0.25, -0.2) is 22.3 Å². The summed E-state index contributed by atoms with van der Waals surface area (Å²) in [4.78, 5) is 26.5. The molecule has 0 saturated carbocycles. The van der Waals surface area contributed by atoms with Crippen molar-refractivity contribution < 1.29 is 27.5 Å². The fourth-order valence-corrected chi connectivity index (χ4v) is 4.17. The first-order chi connectivity index (χ1) is 12.8. The summed E-state index contributed by atoms with van der Waals surface area (Å²) in [6, 6.07) is 4.48. The van der Waals surface area contributed by atoms with Crippen molar-refractivity contribution in [3.63, 3.8) is 0 Å². The molecule has 2 fully saturated rings. The van der Waals surface area contributed by atoms with Gasteiger partial charge >= 0.3 is 11.9 Å². The van der Waals surface area contributed by atoms with Crippen molar-refractivity contribution in [1.82, 2.24) is 4.31 Å². The van der Waals surface area contributed by atoms with Crippen LogP contribution in [0.4, 0.5) is 5.69 Å². The van der Waals surface area contributed by atoms with E-state index in [-0.39, 0.29) is 17.1 Å². The van der Waals surface area contributed by atoms with Crippen LogP contribution in [0.3, 0.4) is 0 Å². The Morgan fingerprint density at radius 3 is 2.52 bits per heavy atom. The highest BCUT2D eigenvalue weighted by molar-refractivity contribution is 7.89. The second-order valence-corrected chi connectivity index (χ2v) is 9.02. The molecule has 1 aromatic carbocycles. The number of cyclic esters (lactones) is 1. The third-order valence-electron chi connectivity index (χ3n) is 4.80. The van der Waals surface area contributed by atoms with E-state index in [1.165, 1.54) is 26.2 Å². The van der Waals surface area contributed by atoms with Crippen LogP contribution in [0.15, 0.2) is 23.1 Å². The first kappa shape index (κ1) is 19.6. The number of benzene rings is 1. The van der Waals surface area contributed by atoms with E-state index < -0.39 is 28.1 Å². The summed E-state index contributed by atoms with van der Waals surface area (Å²) in [7, 11) is -0.841. The second-order valence-electron chi connectivity index (χ2n) is 6.86. The number of nitrogens with zero attached hydrogens (tertiary/aromatic N) is 2. The summed E-state index contributed by atoms with van der Waals surface area (Å²) in [5.74, 6) is -1.28. The maximum atomic E-state index is 12.8. The van der Waals surface area contributed by atoms with Gasteiger partial charge in [-0.3, -0.25) is 0 Å². The van der Waals surface area contributed by atoms with Crippen LogP contribution in [0.25, 0.3) is 0 Å². The van der Waals surface area contributed by atoms with Gasteiger partial charge in [0.1, 0.15) is 0 Å². The van der Waals surface area contributed by atoms with E-state index in [2.05, 4.69) is 4.90 Å². The van der Waals surface area contributed by atoms with Gasteiger partial charge in [0.25, 0.3) is 0 Å². The number of rotatable bonds is 5. The number of ether oxygens (including phenoxy) is 2. The van der Waals surface area contributed by atoms with Gasteiger partial charge in [-0.05, 0) is 37.5 Å². The fourth-order valence-electron chi connectivity index (χ4n) is 3.24. The zero-order valence-corrected chi connectivity index (χ0v) is 16.3. The quantitative estimate of drug-likeness (QED) is 0.695. The first-order valence-electron chi connectivity index (χ1n) is 9.00. The topological polar surface area (TPSA) is 93.2 Å². The number of esters is 2. The minimum atomic E-state index is -3.70. The van der Waals surface area contributed by atoms with Gasteiger partial charge < -0.3 is 14.4 Å². The molecule has 2 saturated heterocycles. The van der Waals surface area contributed by atoms with Crippen molar-refractivity contribution >= 4 is 27.6 Å². The molecule has 2 heterocycles. The average Bonchev–Trinajstić information content (AvgIpc) is 3.06. The van der Waals surface area contributed by atoms with Crippen LogP contribution >= 0.6 is 0 Å². The maximum absolute atomic E-state index is 12.8. The number of hydrogen-bond acceptors (Lipinski definition) is 7. The van der Waals surface area contributed by atoms with E-state index in [9.17, 15) is 18.0 Å². The van der Waals surface area contributed by atoms with Crippen LogP contribution in [0, 0.1) is 0 Å². The van der Waals surface area contributed by atoms with Crippen LogP contribution in [-0.4, -0.2) is 64.6 Å². The lowest BCUT2D eigenvalue weighted by Gasteiger charge is -2.30. The third kappa shape index (κ3) is 4.08. The number of carbonyl (C=O) groups is 2. The number of carbonyl (C=O) groups excluding carboxylic acids is 2. The molecule has 27 heavy (non-hydrogen) atoms. The number of sulfonamides is 1. The molecule has 8 nitrogen and oxygen atoms in total. The number of anilines is 1. The zero-order valence-electron chi connectivity index (χ0n) is 15.5. The highest BCUT2D eigenvalue weighted by Gasteiger charge is 2.32. The van der Waals surface area contributed by atoms with Crippen molar-refractivity contribution in [2.75, 3.05) is 38.7 Å². The molecule has 3 rings (SSSR count). The van der Waals surface area contributed by atoms with Crippen molar-refractivity contribution in [2.45, 2.75) is 36.7 Å². The Morgan fingerprint density at radius 1 is 1.22 bits per heavy atom. The molecule has 1 aromatic rings. The lowest BCUT2D eigenvalue weighted by Crippen LogP contribution is -2.32. The summed E-state index contributed by atoms with van der Waals surface area (Å²) in [5, 5.41) is 0. The Hall–Kier alpha value is -2.13.